The molecule has 0 unspecified atom stereocenters. The number of hydrogen-bond acceptors (Lipinski definition) is 3. The van der Waals surface area contributed by atoms with Gasteiger partial charge in [-0.15, -0.1) is 24.8 Å². The van der Waals surface area contributed by atoms with E-state index in [9.17, 15) is 4.79 Å². The summed E-state index contributed by atoms with van der Waals surface area (Å²) in [6, 6.07) is 7.87. The van der Waals surface area contributed by atoms with Gasteiger partial charge in [-0.05, 0) is 37.4 Å². The highest BCUT2D eigenvalue weighted by Crippen LogP contribution is 2.33. The van der Waals surface area contributed by atoms with Gasteiger partial charge in [-0.2, -0.15) is 0 Å². The van der Waals surface area contributed by atoms with Crippen molar-refractivity contribution in [2.24, 2.45) is 17.6 Å². The number of nitrogens with one attached hydrogen (secondary N) is 1. The van der Waals surface area contributed by atoms with Gasteiger partial charge in [0.1, 0.15) is 0 Å². The van der Waals surface area contributed by atoms with Gasteiger partial charge in [0, 0.05) is 20.0 Å². The number of rotatable bonds is 4. The minimum Gasteiger partial charge on any atom is -0.376 e. The van der Waals surface area contributed by atoms with Gasteiger partial charge < -0.3 is 16.0 Å². The summed E-state index contributed by atoms with van der Waals surface area (Å²) in [5, 5.41) is 3.06. The molecular weight excluding hydrogens is 309 g/mol. The molecule has 1 aliphatic rings. The van der Waals surface area contributed by atoms with Crippen molar-refractivity contribution in [3.63, 3.8) is 0 Å². The van der Waals surface area contributed by atoms with Gasteiger partial charge >= 0.3 is 0 Å². The summed E-state index contributed by atoms with van der Waals surface area (Å²) in [5.41, 5.74) is 7.65. The molecule has 120 valence electrons. The van der Waals surface area contributed by atoms with Crippen LogP contribution in [0.1, 0.15) is 19.3 Å². The number of amides is 1. The lowest BCUT2D eigenvalue weighted by atomic mass is 9.95. The van der Waals surface area contributed by atoms with E-state index in [1.807, 2.05) is 43.3 Å². The maximum absolute atomic E-state index is 12.4. The van der Waals surface area contributed by atoms with Crippen molar-refractivity contribution in [3.8, 4) is 0 Å². The molecule has 0 spiro atoms. The van der Waals surface area contributed by atoms with Gasteiger partial charge in [0.15, 0.2) is 0 Å². The number of nitrogens with zero attached hydrogens (tertiary/aromatic N) is 1. The molecule has 1 saturated carbocycles. The van der Waals surface area contributed by atoms with Gasteiger partial charge in [-0.3, -0.25) is 4.79 Å². The zero-order chi connectivity index (χ0) is 13.8. The molecule has 0 radical (unpaired) electrons. The lowest BCUT2D eigenvalue weighted by Crippen LogP contribution is -2.30. The second-order valence-corrected chi connectivity index (χ2v) is 5.43. The van der Waals surface area contributed by atoms with E-state index in [2.05, 4.69) is 5.32 Å². The molecule has 1 fully saturated rings. The third kappa shape index (κ3) is 4.77. The van der Waals surface area contributed by atoms with Crippen molar-refractivity contribution in [2.75, 3.05) is 30.9 Å². The standard InChI is InChI=1S/C15H23N3O.2ClH/c1-18(2)14-9-4-3-8-13(14)17-15(19)12-7-5-6-11(12)10-16;;/h3-4,8-9,11-12H,5-7,10,16H2,1-2H3,(H,17,19);2*1H/t11-,12-;;/m1../s1. The normalized spacial score (nSPS) is 20.1. The van der Waals surface area contributed by atoms with Crippen LogP contribution in [0.3, 0.4) is 0 Å². The molecule has 21 heavy (non-hydrogen) atoms. The Kier molecular flexibility index (Phi) is 8.71. The second kappa shape index (κ2) is 9.13. The highest BCUT2D eigenvalue weighted by atomic mass is 35.5. The Balaban J connectivity index is 0.00000200. The summed E-state index contributed by atoms with van der Waals surface area (Å²) in [7, 11) is 3.95. The maximum atomic E-state index is 12.4. The first kappa shape index (κ1) is 20.0. The number of carbonyl (C=O) groups excluding carboxylic acids is 1. The molecule has 1 aromatic carbocycles. The molecule has 1 amide bonds. The first-order chi connectivity index (χ1) is 9.13. The summed E-state index contributed by atoms with van der Waals surface area (Å²) in [4.78, 5) is 14.4. The van der Waals surface area contributed by atoms with Crippen LogP contribution in [0.2, 0.25) is 0 Å². The average Bonchev–Trinajstić information content (AvgIpc) is 2.87. The van der Waals surface area contributed by atoms with E-state index in [1.165, 1.54) is 0 Å². The molecule has 0 saturated heterocycles. The minimum absolute atomic E-state index is 0. The molecule has 1 aromatic rings. The predicted molar refractivity (Wildman–Crippen MR) is 93.8 cm³/mol. The van der Waals surface area contributed by atoms with Crippen molar-refractivity contribution in [3.05, 3.63) is 24.3 Å². The van der Waals surface area contributed by atoms with Crippen molar-refractivity contribution >= 4 is 42.1 Å². The number of halogens is 2. The quantitative estimate of drug-likeness (QED) is 0.890. The van der Waals surface area contributed by atoms with Crippen LogP contribution in [0.15, 0.2) is 24.3 Å². The fourth-order valence-electron chi connectivity index (χ4n) is 2.86. The van der Waals surface area contributed by atoms with E-state index < -0.39 is 0 Å². The first-order valence-electron chi connectivity index (χ1n) is 6.90. The van der Waals surface area contributed by atoms with E-state index >= 15 is 0 Å². The van der Waals surface area contributed by atoms with Gasteiger partial charge in [0.25, 0.3) is 0 Å². The van der Waals surface area contributed by atoms with Crippen molar-refractivity contribution < 1.29 is 4.79 Å². The monoisotopic (exact) mass is 333 g/mol. The molecule has 2 atom stereocenters. The number of benzene rings is 1. The summed E-state index contributed by atoms with van der Waals surface area (Å²) in [6.07, 6.45) is 3.14. The number of anilines is 2. The van der Waals surface area contributed by atoms with E-state index in [0.717, 1.165) is 30.6 Å². The molecule has 0 aliphatic heterocycles. The lowest BCUT2D eigenvalue weighted by Gasteiger charge is -2.21. The zero-order valence-corrected chi connectivity index (χ0v) is 14.2. The molecule has 0 aromatic heterocycles. The van der Waals surface area contributed by atoms with Crippen LogP contribution < -0.4 is 16.0 Å². The lowest BCUT2D eigenvalue weighted by molar-refractivity contribution is -0.120. The molecular formula is C15H25Cl2N3O. The Hall–Kier alpha value is -0.970. The van der Waals surface area contributed by atoms with Gasteiger partial charge in [-0.1, -0.05) is 18.6 Å². The van der Waals surface area contributed by atoms with Crippen LogP contribution in [0.4, 0.5) is 11.4 Å². The van der Waals surface area contributed by atoms with Crippen molar-refractivity contribution in [2.45, 2.75) is 19.3 Å². The maximum Gasteiger partial charge on any atom is 0.227 e. The topological polar surface area (TPSA) is 58.4 Å². The number of para-hydroxylation sites is 2. The fraction of sp³-hybridized carbons (Fsp3) is 0.533. The predicted octanol–water partition coefficient (Wildman–Crippen LogP) is 2.91. The van der Waals surface area contributed by atoms with Crippen LogP contribution in [-0.4, -0.2) is 26.5 Å². The van der Waals surface area contributed by atoms with Crippen LogP contribution >= 0.6 is 24.8 Å². The molecule has 0 bridgehead atoms. The number of hydrogen-bond donors (Lipinski definition) is 2. The van der Waals surface area contributed by atoms with Crippen molar-refractivity contribution in [1.82, 2.24) is 0 Å². The van der Waals surface area contributed by atoms with E-state index in [-0.39, 0.29) is 36.6 Å². The van der Waals surface area contributed by atoms with Gasteiger partial charge in [0.2, 0.25) is 5.91 Å². The molecule has 0 heterocycles. The Labute approximate surface area is 139 Å². The zero-order valence-electron chi connectivity index (χ0n) is 12.5. The molecule has 1 aliphatic carbocycles. The fourth-order valence-corrected chi connectivity index (χ4v) is 2.86. The largest absolute Gasteiger partial charge is 0.376 e. The van der Waals surface area contributed by atoms with Crippen LogP contribution in [0, 0.1) is 11.8 Å². The Morgan fingerprint density at radius 2 is 1.95 bits per heavy atom. The third-order valence-corrected chi connectivity index (χ3v) is 3.94. The second-order valence-electron chi connectivity index (χ2n) is 5.43. The summed E-state index contributed by atoms with van der Waals surface area (Å²) >= 11 is 0. The third-order valence-electron chi connectivity index (χ3n) is 3.94. The molecule has 2 rings (SSSR count). The van der Waals surface area contributed by atoms with Crippen LogP contribution in [0.25, 0.3) is 0 Å². The average molecular weight is 334 g/mol. The summed E-state index contributed by atoms with van der Waals surface area (Å²) in [6.45, 7) is 0.605. The smallest absolute Gasteiger partial charge is 0.227 e. The Morgan fingerprint density at radius 1 is 1.29 bits per heavy atom. The Bertz CT molecular complexity index is 454. The van der Waals surface area contributed by atoms with E-state index in [0.29, 0.717) is 12.5 Å². The van der Waals surface area contributed by atoms with Gasteiger partial charge in [-0.25, -0.2) is 0 Å². The summed E-state index contributed by atoms with van der Waals surface area (Å²) < 4.78 is 0. The van der Waals surface area contributed by atoms with E-state index in [4.69, 9.17) is 5.73 Å². The van der Waals surface area contributed by atoms with Gasteiger partial charge in [0.05, 0.1) is 11.4 Å². The highest BCUT2D eigenvalue weighted by molar-refractivity contribution is 5.96. The SMILES string of the molecule is CN(C)c1ccccc1NC(=O)[C@@H]1CCC[C@@H]1CN.Cl.Cl. The number of nitrogens with two attached hydrogens (primary N) is 1. The molecule has 4 nitrogen and oxygen atoms in total. The van der Waals surface area contributed by atoms with Crippen LogP contribution in [-0.2, 0) is 4.79 Å². The van der Waals surface area contributed by atoms with Crippen molar-refractivity contribution in [1.29, 1.82) is 0 Å². The minimum atomic E-state index is 0. The molecule has 3 N–H and O–H groups in total. The van der Waals surface area contributed by atoms with Crippen LogP contribution in [0.5, 0.6) is 0 Å². The Morgan fingerprint density at radius 3 is 2.57 bits per heavy atom. The summed E-state index contributed by atoms with van der Waals surface area (Å²) in [5.74, 6) is 0.522. The van der Waals surface area contributed by atoms with E-state index in [1.54, 1.807) is 0 Å². The molecule has 6 heteroatoms. The first-order valence-corrected chi connectivity index (χ1v) is 6.90. The highest BCUT2D eigenvalue weighted by Gasteiger charge is 2.32. The number of carbonyl (C=O) groups is 1.